The van der Waals surface area contributed by atoms with Gasteiger partial charge in [-0.05, 0) is 0 Å². The van der Waals surface area contributed by atoms with Gasteiger partial charge in [-0.25, -0.2) is 4.79 Å². The molecule has 0 aliphatic heterocycles. The standard InChI is InChI=1S/C6H9N3O3/c7-4-3-5(11)8-6(12)9(4)1-2-10/h3,10H,1-2,7H2,(H,8,11,12). The smallest absolute Gasteiger partial charge is 0.329 e. The number of aromatic nitrogens is 2. The van der Waals surface area contributed by atoms with E-state index < -0.39 is 11.2 Å². The summed E-state index contributed by atoms with van der Waals surface area (Å²) in [7, 11) is 0. The van der Waals surface area contributed by atoms with Crippen LogP contribution < -0.4 is 17.0 Å². The summed E-state index contributed by atoms with van der Waals surface area (Å²) in [6.45, 7) is -0.113. The van der Waals surface area contributed by atoms with Gasteiger partial charge in [0.05, 0.1) is 13.2 Å². The normalized spacial score (nSPS) is 10.1. The molecule has 4 N–H and O–H groups in total. The first-order valence-electron chi connectivity index (χ1n) is 3.35. The van der Waals surface area contributed by atoms with Crippen LogP contribution in [0.1, 0.15) is 0 Å². The van der Waals surface area contributed by atoms with Crippen LogP contribution in [0.25, 0.3) is 0 Å². The van der Waals surface area contributed by atoms with Crippen molar-refractivity contribution in [2.24, 2.45) is 0 Å². The molecule has 0 saturated heterocycles. The highest BCUT2D eigenvalue weighted by atomic mass is 16.3. The Morgan fingerprint density at radius 2 is 2.25 bits per heavy atom. The predicted molar refractivity (Wildman–Crippen MR) is 42.8 cm³/mol. The number of anilines is 1. The van der Waals surface area contributed by atoms with E-state index in [2.05, 4.69) is 0 Å². The fourth-order valence-corrected chi connectivity index (χ4v) is 0.869. The fourth-order valence-electron chi connectivity index (χ4n) is 0.869. The molecule has 0 saturated carbocycles. The topological polar surface area (TPSA) is 101 Å². The first-order valence-corrected chi connectivity index (χ1v) is 3.35. The van der Waals surface area contributed by atoms with E-state index in [0.29, 0.717) is 0 Å². The number of hydrogen-bond donors (Lipinski definition) is 3. The van der Waals surface area contributed by atoms with Crippen molar-refractivity contribution >= 4 is 5.82 Å². The van der Waals surface area contributed by atoms with Gasteiger partial charge < -0.3 is 10.8 Å². The van der Waals surface area contributed by atoms with Crippen LogP contribution in [0.15, 0.2) is 15.7 Å². The molecule has 0 aromatic carbocycles. The highest BCUT2D eigenvalue weighted by molar-refractivity contribution is 5.25. The zero-order valence-corrected chi connectivity index (χ0v) is 6.28. The Bertz CT molecular complexity index is 378. The van der Waals surface area contributed by atoms with Gasteiger partial charge in [-0.2, -0.15) is 0 Å². The highest BCUT2D eigenvalue weighted by Crippen LogP contribution is 1.90. The van der Waals surface area contributed by atoms with E-state index in [1.165, 1.54) is 0 Å². The molecule has 0 atom stereocenters. The summed E-state index contributed by atoms with van der Waals surface area (Å²) in [5, 5.41) is 8.53. The molecule has 0 aliphatic carbocycles. The van der Waals surface area contributed by atoms with Crippen LogP contribution in [0.3, 0.4) is 0 Å². The summed E-state index contributed by atoms with van der Waals surface area (Å²) in [6, 6.07) is 1.09. The molecule has 0 unspecified atom stereocenters. The molecule has 1 rings (SSSR count). The van der Waals surface area contributed by atoms with Crippen LogP contribution in [0.4, 0.5) is 5.82 Å². The van der Waals surface area contributed by atoms with Crippen LogP contribution >= 0.6 is 0 Å². The zero-order valence-electron chi connectivity index (χ0n) is 6.28. The van der Waals surface area contributed by atoms with Crippen molar-refractivity contribution in [2.75, 3.05) is 12.3 Å². The van der Waals surface area contributed by atoms with E-state index in [9.17, 15) is 9.59 Å². The zero-order chi connectivity index (χ0) is 9.14. The van der Waals surface area contributed by atoms with Gasteiger partial charge in [-0.15, -0.1) is 0 Å². The Morgan fingerprint density at radius 1 is 1.58 bits per heavy atom. The molecule has 66 valence electrons. The Kier molecular flexibility index (Phi) is 2.29. The molecule has 6 nitrogen and oxygen atoms in total. The van der Waals surface area contributed by atoms with Gasteiger partial charge in [0.15, 0.2) is 0 Å². The SMILES string of the molecule is Nc1cc(=O)[nH]c(=O)n1CCO. The van der Waals surface area contributed by atoms with Crippen molar-refractivity contribution in [2.45, 2.75) is 6.54 Å². The molecule has 0 amide bonds. The predicted octanol–water partition coefficient (Wildman–Crippen LogP) is -1.89. The Labute approximate surface area is 67.3 Å². The number of nitrogens with one attached hydrogen (secondary N) is 1. The van der Waals surface area contributed by atoms with E-state index in [1.54, 1.807) is 0 Å². The molecule has 1 aromatic heterocycles. The van der Waals surface area contributed by atoms with E-state index in [1.807, 2.05) is 4.98 Å². The molecule has 0 bridgehead atoms. The maximum Gasteiger partial charge on any atom is 0.329 e. The minimum absolute atomic E-state index is 0.0535. The minimum atomic E-state index is -0.603. The number of nitrogen functional groups attached to an aromatic ring is 1. The molecule has 0 aliphatic rings. The van der Waals surface area contributed by atoms with Crippen molar-refractivity contribution < 1.29 is 5.11 Å². The van der Waals surface area contributed by atoms with Gasteiger partial charge in [-0.3, -0.25) is 14.3 Å². The minimum Gasteiger partial charge on any atom is -0.395 e. The van der Waals surface area contributed by atoms with Crippen molar-refractivity contribution in [1.82, 2.24) is 9.55 Å². The number of aliphatic hydroxyl groups excluding tert-OH is 1. The molecule has 12 heavy (non-hydrogen) atoms. The molecule has 0 radical (unpaired) electrons. The number of H-pyrrole nitrogens is 1. The quantitative estimate of drug-likeness (QED) is 0.484. The van der Waals surface area contributed by atoms with Gasteiger partial charge in [0.2, 0.25) is 0 Å². The summed E-state index contributed by atoms with van der Waals surface area (Å²) < 4.78 is 1.08. The van der Waals surface area contributed by atoms with Gasteiger partial charge in [0.1, 0.15) is 5.82 Å². The molecule has 6 heteroatoms. The van der Waals surface area contributed by atoms with E-state index in [4.69, 9.17) is 10.8 Å². The van der Waals surface area contributed by atoms with Crippen molar-refractivity contribution in [3.8, 4) is 0 Å². The van der Waals surface area contributed by atoms with Crippen molar-refractivity contribution in [3.63, 3.8) is 0 Å². The lowest BCUT2D eigenvalue weighted by atomic mass is 10.5. The summed E-state index contributed by atoms with van der Waals surface area (Å²) in [6.07, 6.45) is 0. The molecular formula is C6H9N3O3. The van der Waals surface area contributed by atoms with Crippen LogP contribution in [0.5, 0.6) is 0 Å². The van der Waals surface area contributed by atoms with E-state index in [0.717, 1.165) is 10.6 Å². The molecular weight excluding hydrogens is 162 g/mol. The average Bonchev–Trinajstić information content (AvgIpc) is 1.96. The number of hydrogen-bond acceptors (Lipinski definition) is 4. The lowest BCUT2D eigenvalue weighted by molar-refractivity contribution is 0.274. The Balaban J connectivity index is 3.29. The second-order valence-electron chi connectivity index (χ2n) is 2.24. The van der Waals surface area contributed by atoms with E-state index in [-0.39, 0.29) is 19.0 Å². The van der Waals surface area contributed by atoms with Crippen LogP contribution in [0.2, 0.25) is 0 Å². The lowest BCUT2D eigenvalue weighted by Gasteiger charge is -2.04. The van der Waals surface area contributed by atoms with Crippen LogP contribution in [-0.4, -0.2) is 21.3 Å². The molecule has 1 aromatic rings. The Hall–Kier alpha value is -1.56. The number of nitrogens with zero attached hydrogens (tertiary/aromatic N) is 1. The van der Waals surface area contributed by atoms with Crippen LogP contribution in [0, 0.1) is 0 Å². The summed E-state index contributed by atoms with van der Waals surface area (Å²) in [4.78, 5) is 23.6. The molecule has 0 spiro atoms. The third-order valence-corrected chi connectivity index (χ3v) is 1.39. The Morgan fingerprint density at radius 3 is 2.75 bits per heavy atom. The third kappa shape index (κ3) is 1.54. The van der Waals surface area contributed by atoms with Gasteiger partial charge in [0, 0.05) is 6.07 Å². The molecule has 0 fully saturated rings. The van der Waals surface area contributed by atoms with Crippen molar-refractivity contribution in [1.29, 1.82) is 0 Å². The third-order valence-electron chi connectivity index (χ3n) is 1.39. The lowest BCUT2D eigenvalue weighted by Crippen LogP contribution is -2.32. The number of aromatic amines is 1. The number of nitrogens with two attached hydrogens (primary N) is 1. The maximum absolute atomic E-state index is 11.0. The summed E-state index contributed by atoms with van der Waals surface area (Å²) in [5.41, 5.74) is 4.20. The van der Waals surface area contributed by atoms with Crippen molar-refractivity contribution in [3.05, 3.63) is 26.9 Å². The summed E-state index contributed by atoms with van der Waals surface area (Å²) in [5.74, 6) is 0.0535. The van der Waals surface area contributed by atoms with E-state index >= 15 is 0 Å². The number of aliphatic hydroxyl groups is 1. The second kappa shape index (κ2) is 3.22. The largest absolute Gasteiger partial charge is 0.395 e. The molecule has 1 heterocycles. The fraction of sp³-hybridized carbons (Fsp3) is 0.333. The second-order valence-corrected chi connectivity index (χ2v) is 2.24. The van der Waals surface area contributed by atoms with Crippen LogP contribution in [-0.2, 0) is 6.54 Å². The number of rotatable bonds is 2. The van der Waals surface area contributed by atoms with Gasteiger partial charge in [0.25, 0.3) is 5.56 Å². The first-order chi connectivity index (χ1) is 5.65. The monoisotopic (exact) mass is 171 g/mol. The first kappa shape index (κ1) is 8.54. The van der Waals surface area contributed by atoms with Gasteiger partial charge in [-0.1, -0.05) is 0 Å². The summed E-state index contributed by atoms with van der Waals surface area (Å²) >= 11 is 0. The van der Waals surface area contributed by atoms with Gasteiger partial charge >= 0.3 is 5.69 Å². The maximum atomic E-state index is 11.0. The highest BCUT2D eigenvalue weighted by Gasteiger charge is 2.00. The average molecular weight is 171 g/mol.